The summed E-state index contributed by atoms with van der Waals surface area (Å²) in [7, 11) is 2.51. The van der Waals surface area contributed by atoms with Crippen molar-refractivity contribution in [3.8, 4) is 0 Å². The number of allylic oxidation sites excluding steroid dienone is 1. The molecule has 0 aromatic heterocycles. The van der Waals surface area contributed by atoms with E-state index in [1.54, 1.807) is 13.0 Å². The highest BCUT2D eigenvalue weighted by molar-refractivity contribution is 7.16. The Balaban J connectivity index is 3.72. The van der Waals surface area contributed by atoms with Gasteiger partial charge in [0, 0.05) is 0 Å². The molecule has 2 unspecified atom stereocenters. The molecule has 0 aromatic rings. The van der Waals surface area contributed by atoms with Crippen LogP contribution in [-0.4, -0.2) is 24.8 Å². The molecular weight excluding hydrogens is 161 g/mol. The van der Waals surface area contributed by atoms with E-state index in [-0.39, 0.29) is 5.97 Å². The van der Waals surface area contributed by atoms with Gasteiger partial charge >= 0.3 is 5.97 Å². The standard InChI is InChI=1S/C7H14NO2P/c1-2-10-7(9)6(8)4-3-5-11/h3-4,6H,2,5,8,11H2,1H3/b4-3+. The van der Waals surface area contributed by atoms with Crippen LogP contribution in [0.2, 0.25) is 0 Å². The van der Waals surface area contributed by atoms with Gasteiger partial charge in [-0.15, -0.1) is 9.24 Å². The molecule has 0 radical (unpaired) electrons. The Bertz CT molecular complexity index is 147. The van der Waals surface area contributed by atoms with E-state index in [0.29, 0.717) is 6.61 Å². The van der Waals surface area contributed by atoms with Crippen molar-refractivity contribution in [1.82, 2.24) is 0 Å². The van der Waals surface area contributed by atoms with Crippen LogP contribution in [0.25, 0.3) is 0 Å². The topological polar surface area (TPSA) is 52.3 Å². The van der Waals surface area contributed by atoms with E-state index in [4.69, 9.17) is 5.73 Å². The molecule has 4 heteroatoms. The second-order valence-corrected chi connectivity index (χ2v) is 2.41. The third kappa shape index (κ3) is 4.93. The van der Waals surface area contributed by atoms with Gasteiger partial charge in [-0.05, 0) is 13.1 Å². The van der Waals surface area contributed by atoms with Crippen molar-refractivity contribution in [1.29, 1.82) is 0 Å². The second kappa shape index (κ2) is 6.32. The van der Waals surface area contributed by atoms with Gasteiger partial charge in [-0.25, -0.2) is 0 Å². The van der Waals surface area contributed by atoms with E-state index in [1.165, 1.54) is 0 Å². The van der Waals surface area contributed by atoms with Crippen LogP contribution in [0.1, 0.15) is 6.92 Å². The zero-order valence-electron chi connectivity index (χ0n) is 6.62. The largest absolute Gasteiger partial charge is 0.465 e. The summed E-state index contributed by atoms with van der Waals surface area (Å²) >= 11 is 0. The molecule has 0 amide bonds. The fraction of sp³-hybridized carbons (Fsp3) is 0.571. The van der Waals surface area contributed by atoms with E-state index < -0.39 is 6.04 Å². The summed E-state index contributed by atoms with van der Waals surface area (Å²) < 4.78 is 4.68. The van der Waals surface area contributed by atoms with Crippen molar-refractivity contribution in [3.05, 3.63) is 12.2 Å². The Morgan fingerprint density at radius 1 is 1.82 bits per heavy atom. The normalized spacial score (nSPS) is 13.4. The van der Waals surface area contributed by atoms with E-state index in [9.17, 15) is 4.79 Å². The molecular formula is C7H14NO2P. The molecule has 0 aromatic carbocycles. The summed E-state index contributed by atoms with van der Waals surface area (Å²) in [6.45, 7) is 2.13. The number of carbonyl (C=O) groups excluding carboxylic acids is 1. The predicted molar refractivity (Wildman–Crippen MR) is 48.3 cm³/mol. The lowest BCUT2D eigenvalue weighted by Gasteiger charge is -2.04. The molecule has 0 spiro atoms. The highest BCUT2D eigenvalue weighted by atomic mass is 31.0. The second-order valence-electron chi connectivity index (χ2n) is 1.94. The van der Waals surface area contributed by atoms with Gasteiger partial charge < -0.3 is 10.5 Å². The molecule has 0 rings (SSSR count). The number of esters is 1. The summed E-state index contributed by atoms with van der Waals surface area (Å²) in [6.07, 6.45) is 4.24. The highest BCUT2D eigenvalue weighted by Gasteiger charge is 2.08. The third-order valence-electron chi connectivity index (χ3n) is 1.04. The lowest BCUT2D eigenvalue weighted by Crippen LogP contribution is -2.30. The van der Waals surface area contributed by atoms with Crippen molar-refractivity contribution in [2.24, 2.45) is 5.73 Å². The zero-order valence-corrected chi connectivity index (χ0v) is 7.77. The maximum Gasteiger partial charge on any atom is 0.326 e. The summed E-state index contributed by atoms with van der Waals surface area (Å²) in [4.78, 5) is 10.8. The molecule has 0 aliphatic rings. The van der Waals surface area contributed by atoms with Gasteiger partial charge in [0.05, 0.1) is 6.61 Å². The minimum absolute atomic E-state index is 0.373. The first kappa shape index (κ1) is 10.6. The quantitative estimate of drug-likeness (QED) is 0.380. The number of carbonyl (C=O) groups is 1. The smallest absolute Gasteiger partial charge is 0.326 e. The van der Waals surface area contributed by atoms with E-state index in [0.717, 1.165) is 6.16 Å². The minimum Gasteiger partial charge on any atom is -0.465 e. The van der Waals surface area contributed by atoms with Crippen LogP contribution in [0, 0.1) is 0 Å². The molecule has 0 heterocycles. The Labute approximate surface area is 69.2 Å². The first-order valence-electron chi connectivity index (χ1n) is 3.51. The monoisotopic (exact) mass is 175 g/mol. The molecule has 0 saturated heterocycles. The Hall–Kier alpha value is -0.400. The molecule has 0 saturated carbocycles. The van der Waals surface area contributed by atoms with E-state index in [2.05, 4.69) is 14.0 Å². The summed E-state index contributed by atoms with van der Waals surface area (Å²) in [5.41, 5.74) is 5.42. The molecule has 3 nitrogen and oxygen atoms in total. The number of ether oxygens (including phenoxy) is 1. The zero-order chi connectivity index (χ0) is 8.69. The average molecular weight is 175 g/mol. The fourth-order valence-electron chi connectivity index (χ4n) is 0.542. The molecule has 0 bridgehead atoms. The molecule has 2 N–H and O–H groups in total. The van der Waals surface area contributed by atoms with Crippen LogP contribution in [0.5, 0.6) is 0 Å². The molecule has 0 aliphatic heterocycles. The van der Waals surface area contributed by atoms with Crippen molar-refractivity contribution < 1.29 is 9.53 Å². The average Bonchev–Trinajstić information content (AvgIpc) is 2.00. The number of nitrogens with two attached hydrogens (primary N) is 1. The van der Waals surface area contributed by atoms with Gasteiger partial charge in [-0.1, -0.05) is 12.2 Å². The Morgan fingerprint density at radius 2 is 2.45 bits per heavy atom. The number of hydrogen-bond acceptors (Lipinski definition) is 3. The SMILES string of the molecule is CCOC(=O)C(N)/C=C/CP. The Morgan fingerprint density at radius 3 is 2.91 bits per heavy atom. The number of hydrogen-bond donors (Lipinski definition) is 1. The maximum atomic E-state index is 10.8. The van der Waals surface area contributed by atoms with Gasteiger partial charge in [0.2, 0.25) is 0 Å². The van der Waals surface area contributed by atoms with Crippen molar-refractivity contribution in [2.75, 3.05) is 12.8 Å². The summed E-state index contributed by atoms with van der Waals surface area (Å²) in [6, 6.07) is -0.615. The summed E-state index contributed by atoms with van der Waals surface area (Å²) in [5, 5.41) is 0. The third-order valence-corrected chi connectivity index (χ3v) is 1.31. The van der Waals surface area contributed by atoms with Crippen LogP contribution in [0.4, 0.5) is 0 Å². The highest BCUT2D eigenvalue weighted by Crippen LogP contribution is 1.89. The van der Waals surface area contributed by atoms with Crippen LogP contribution in [0.15, 0.2) is 12.2 Å². The predicted octanol–water partition coefficient (Wildman–Crippen LogP) is 0.308. The van der Waals surface area contributed by atoms with Gasteiger partial charge in [0.1, 0.15) is 6.04 Å². The molecule has 0 fully saturated rings. The number of rotatable bonds is 4. The molecule has 64 valence electrons. The maximum absolute atomic E-state index is 10.8. The summed E-state index contributed by atoms with van der Waals surface area (Å²) in [5.74, 6) is -0.373. The van der Waals surface area contributed by atoms with Gasteiger partial charge in [-0.2, -0.15) is 0 Å². The van der Waals surface area contributed by atoms with Crippen LogP contribution in [-0.2, 0) is 9.53 Å². The van der Waals surface area contributed by atoms with Crippen molar-refractivity contribution >= 4 is 15.2 Å². The van der Waals surface area contributed by atoms with Crippen LogP contribution >= 0.6 is 9.24 Å². The molecule has 2 atom stereocenters. The lowest BCUT2D eigenvalue weighted by molar-refractivity contribution is -0.143. The minimum atomic E-state index is -0.615. The van der Waals surface area contributed by atoms with Gasteiger partial charge in [0.15, 0.2) is 0 Å². The van der Waals surface area contributed by atoms with E-state index in [1.807, 2.05) is 6.08 Å². The van der Waals surface area contributed by atoms with Crippen LogP contribution in [0.3, 0.4) is 0 Å². The van der Waals surface area contributed by atoms with Crippen molar-refractivity contribution in [2.45, 2.75) is 13.0 Å². The first-order valence-corrected chi connectivity index (χ1v) is 4.33. The lowest BCUT2D eigenvalue weighted by atomic mass is 10.3. The molecule has 11 heavy (non-hydrogen) atoms. The van der Waals surface area contributed by atoms with E-state index >= 15 is 0 Å². The first-order chi connectivity index (χ1) is 5.22. The van der Waals surface area contributed by atoms with Gasteiger partial charge in [0.25, 0.3) is 0 Å². The fourth-order valence-corrected chi connectivity index (χ4v) is 0.699. The van der Waals surface area contributed by atoms with Crippen molar-refractivity contribution in [3.63, 3.8) is 0 Å². The van der Waals surface area contributed by atoms with Crippen LogP contribution < -0.4 is 5.73 Å². The Kier molecular flexibility index (Phi) is 6.09. The van der Waals surface area contributed by atoms with Gasteiger partial charge in [-0.3, -0.25) is 4.79 Å². The molecule has 0 aliphatic carbocycles.